The van der Waals surface area contributed by atoms with Crippen molar-refractivity contribution in [3.8, 4) is 0 Å². The van der Waals surface area contributed by atoms with Crippen LogP contribution in [0.15, 0.2) is 0 Å². The Labute approximate surface area is 103 Å². The molecular formula is C12H23NO4. The lowest BCUT2D eigenvalue weighted by molar-refractivity contribution is -0.148. The maximum absolute atomic E-state index is 11.5. The summed E-state index contributed by atoms with van der Waals surface area (Å²) >= 11 is 0. The van der Waals surface area contributed by atoms with Crippen LogP contribution >= 0.6 is 0 Å². The molecule has 5 nitrogen and oxygen atoms in total. The van der Waals surface area contributed by atoms with Gasteiger partial charge in [-0.25, -0.2) is 4.79 Å². The van der Waals surface area contributed by atoms with E-state index in [0.717, 1.165) is 12.8 Å². The Kier molecular flexibility index (Phi) is 7.54. The van der Waals surface area contributed by atoms with Gasteiger partial charge >= 0.3 is 5.97 Å². The lowest BCUT2D eigenvalue weighted by atomic mass is 9.96. The number of carboxylic acid groups (broad SMARTS) is 1. The van der Waals surface area contributed by atoms with Crippen molar-refractivity contribution in [3.05, 3.63) is 0 Å². The van der Waals surface area contributed by atoms with E-state index in [1.807, 2.05) is 13.8 Å². The van der Waals surface area contributed by atoms with E-state index >= 15 is 0 Å². The summed E-state index contributed by atoms with van der Waals surface area (Å²) in [5.41, 5.74) is -1.19. The van der Waals surface area contributed by atoms with Crippen molar-refractivity contribution < 1.29 is 19.4 Å². The zero-order chi connectivity index (χ0) is 13.3. The van der Waals surface area contributed by atoms with Gasteiger partial charge in [-0.15, -0.1) is 0 Å². The van der Waals surface area contributed by atoms with E-state index in [4.69, 9.17) is 9.84 Å². The monoisotopic (exact) mass is 245 g/mol. The Morgan fingerprint density at radius 1 is 1.29 bits per heavy atom. The van der Waals surface area contributed by atoms with Crippen molar-refractivity contribution in [2.24, 2.45) is 0 Å². The molecule has 5 heteroatoms. The van der Waals surface area contributed by atoms with E-state index in [-0.39, 0.29) is 12.5 Å². The Bertz CT molecular complexity index is 255. The number of hydrogen-bond donors (Lipinski definition) is 2. The summed E-state index contributed by atoms with van der Waals surface area (Å²) in [7, 11) is 0. The summed E-state index contributed by atoms with van der Waals surface area (Å²) < 4.78 is 5.13. The minimum absolute atomic E-state index is 0.0768. The van der Waals surface area contributed by atoms with Crippen molar-refractivity contribution in [3.63, 3.8) is 0 Å². The average molecular weight is 245 g/mol. The van der Waals surface area contributed by atoms with Crippen molar-refractivity contribution in [1.29, 1.82) is 0 Å². The van der Waals surface area contributed by atoms with Gasteiger partial charge < -0.3 is 15.2 Å². The molecule has 0 aromatic heterocycles. The zero-order valence-corrected chi connectivity index (χ0v) is 10.9. The standard InChI is InChI=1S/C12H23NO4/c1-4-6-8-17-9-10(14)13-12(3,7-5-2)11(15)16/h4-9H2,1-3H3,(H,13,14)(H,15,16). The van der Waals surface area contributed by atoms with Gasteiger partial charge in [-0.1, -0.05) is 26.7 Å². The summed E-state index contributed by atoms with van der Waals surface area (Å²) in [5.74, 6) is -1.39. The summed E-state index contributed by atoms with van der Waals surface area (Å²) in [6.07, 6.45) is 3.01. The van der Waals surface area contributed by atoms with E-state index < -0.39 is 11.5 Å². The van der Waals surface area contributed by atoms with Crippen LogP contribution < -0.4 is 5.32 Å². The van der Waals surface area contributed by atoms with Gasteiger partial charge in [0.05, 0.1) is 0 Å². The van der Waals surface area contributed by atoms with E-state index in [1.54, 1.807) is 0 Å². The van der Waals surface area contributed by atoms with Gasteiger partial charge in [0.2, 0.25) is 5.91 Å². The van der Waals surface area contributed by atoms with E-state index in [1.165, 1.54) is 6.92 Å². The Hall–Kier alpha value is -1.10. The summed E-state index contributed by atoms with van der Waals surface area (Å²) in [6, 6.07) is 0. The number of carbonyl (C=O) groups is 2. The highest BCUT2D eigenvalue weighted by atomic mass is 16.5. The number of hydrogen-bond acceptors (Lipinski definition) is 3. The molecule has 2 N–H and O–H groups in total. The number of aliphatic carboxylic acids is 1. The molecule has 0 aromatic rings. The largest absolute Gasteiger partial charge is 0.480 e. The normalized spacial score (nSPS) is 14.1. The molecule has 0 aliphatic rings. The van der Waals surface area contributed by atoms with Gasteiger partial charge in [-0.05, 0) is 19.8 Å². The first-order valence-electron chi connectivity index (χ1n) is 6.08. The van der Waals surface area contributed by atoms with Crippen LogP contribution in [0.2, 0.25) is 0 Å². The molecule has 0 saturated carbocycles. The predicted octanol–water partition coefficient (Wildman–Crippen LogP) is 1.56. The highest BCUT2D eigenvalue weighted by molar-refractivity contribution is 5.87. The van der Waals surface area contributed by atoms with E-state index in [2.05, 4.69) is 5.32 Å². The molecule has 100 valence electrons. The fourth-order valence-corrected chi connectivity index (χ4v) is 1.48. The number of carbonyl (C=O) groups excluding carboxylic acids is 1. The molecule has 1 amide bonds. The average Bonchev–Trinajstić information content (AvgIpc) is 2.24. The number of rotatable bonds is 9. The fourth-order valence-electron chi connectivity index (χ4n) is 1.48. The number of nitrogens with one attached hydrogen (secondary N) is 1. The fraction of sp³-hybridized carbons (Fsp3) is 0.833. The first-order valence-corrected chi connectivity index (χ1v) is 6.08. The van der Waals surface area contributed by atoms with Crippen molar-refractivity contribution >= 4 is 11.9 Å². The first-order chi connectivity index (χ1) is 7.96. The second-order valence-electron chi connectivity index (χ2n) is 4.34. The summed E-state index contributed by atoms with van der Waals surface area (Å²) in [4.78, 5) is 22.6. The van der Waals surface area contributed by atoms with Gasteiger partial charge in [-0.3, -0.25) is 4.79 Å². The molecule has 17 heavy (non-hydrogen) atoms. The molecule has 0 rings (SSSR count). The van der Waals surface area contributed by atoms with Crippen LogP contribution in [0.5, 0.6) is 0 Å². The summed E-state index contributed by atoms with van der Waals surface area (Å²) in [6.45, 7) is 5.88. The third-order valence-electron chi connectivity index (χ3n) is 2.51. The number of carboxylic acids is 1. The van der Waals surface area contributed by atoms with Crippen LogP contribution in [-0.2, 0) is 14.3 Å². The molecule has 1 unspecified atom stereocenters. The first kappa shape index (κ1) is 15.9. The quantitative estimate of drug-likeness (QED) is 0.604. The van der Waals surface area contributed by atoms with E-state index in [9.17, 15) is 9.59 Å². The van der Waals surface area contributed by atoms with Crippen LogP contribution in [0.1, 0.15) is 46.5 Å². The Morgan fingerprint density at radius 3 is 2.41 bits per heavy atom. The van der Waals surface area contributed by atoms with Crippen molar-refractivity contribution in [2.45, 2.75) is 52.0 Å². The van der Waals surface area contributed by atoms with Crippen LogP contribution in [0.25, 0.3) is 0 Å². The van der Waals surface area contributed by atoms with Crippen molar-refractivity contribution in [1.82, 2.24) is 5.32 Å². The Balaban J connectivity index is 4.09. The third kappa shape index (κ3) is 6.26. The highest BCUT2D eigenvalue weighted by Crippen LogP contribution is 2.12. The number of ether oxygens (including phenoxy) is 1. The Morgan fingerprint density at radius 2 is 1.94 bits per heavy atom. The lowest BCUT2D eigenvalue weighted by Gasteiger charge is -2.25. The summed E-state index contributed by atoms with van der Waals surface area (Å²) in [5, 5.41) is 11.6. The van der Waals surface area contributed by atoms with Crippen molar-refractivity contribution in [2.75, 3.05) is 13.2 Å². The number of unbranched alkanes of at least 4 members (excludes halogenated alkanes) is 1. The number of amides is 1. The topological polar surface area (TPSA) is 75.6 Å². The molecule has 0 aliphatic carbocycles. The SMILES string of the molecule is CCCCOCC(=O)NC(C)(CCC)C(=O)O. The molecular weight excluding hydrogens is 222 g/mol. The molecule has 0 radical (unpaired) electrons. The highest BCUT2D eigenvalue weighted by Gasteiger charge is 2.33. The predicted molar refractivity (Wildman–Crippen MR) is 64.8 cm³/mol. The molecule has 0 fully saturated rings. The molecule has 0 bridgehead atoms. The lowest BCUT2D eigenvalue weighted by Crippen LogP contribution is -2.53. The minimum atomic E-state index is -1.19. The molecule has 0 aromatic carbocycles. The molecule has 0 heterocycles. The van der Waals surface area contributed by atoms with Gasteiger partial charge in [-0.2, -0.15) is 0 Å². The molecule has 1 atom stereocenters. The maximum Gasteiger partial charge on any atom is 0.329 e. The second kappa shape index (κ2) is 8.06. The zero-order valence-electron chi connectivity index (χ0n) is 10.9. The molecule has 0 saturated heterocycles. The van der Waals surface area contributed by atoms with Crippen LogP contribution in [0.4, 0.5) is 0 Å². The molecule has 0 aliphatic heterocycles. The van der Waals surface area contributed by atoms with Gasteiger partial charge in [0.1, 0.15) is 12.1 Å². The smallest absolute Gasteiger partial charge is 0.329 e. The van der Waals surface area contributed by atoms with Crippen LogP contribution in [0, 0.1) is 0 Å². The second-order valence-corrected chi connectivity index (χ2v) is 4.34. The van der Waals surface area contributed by atoms with Gasteiger partial charge in [0.15, 0.2) is 0 Å². The van der Waals surface area contributed by atoms with E-state index in [0.29, 0.717) is 19.4 Å². The van der Waals surface area contributed by atoms with Crippen LogP contribution in [-0.4, -0.2) is 35.7 Å². The van der Waals surface area contributed by atoms with Crippen LogP contribution in [0.3, 0.4) is 0 Å². The van der Waals surface area contributed by atoms with Gasteiger partial charge in [0.25, 0.3) is 0 Å². The minimum Gasteiger partial charge on any atom is -0.480 e. The van der Waals surface area contributed by atoms with Gasteiger partial charge in [0, 0.05) is 6.61 Å². The maximum atomic E-state index is 11.5. The third-order valence-corrected chi connectivity index (χ3v) is 2.51. The molecule has 0 spiro atoms.